The van der Waals surface area contributed by atoms with Crippen LogP contribution in [-0.2, 0) is 5.54 Å². The van der Waals surface area contributed by atoms with Gasteiger partial charge in [0.1, 0.15) is 0 Å². The van der Waals surface area contributed by atoms with Crippen molar-refractivity contribution in [2.75, 3.05) is 18.2 Å². The van der Waals surface area contributed by atoms with Gasteiger partial charge in [-0.3, -0.25) is 0 Å². The van der Waals surface area contributed by atoms with Gasteiger partial charge in [0.15, 0.2) is 5.54 Å². The highest BCUT2D eigenvalue weighted by atomic mass is 16.3. The summed E-state index contributed by atoms with van der Waals surface area (Å²) < 4.78 is 0. The maximum atomic E-state index is 9.75. The molecule has 4 nitrogen and oxygen atoms in total. The average molecular weight is 253 g/mol. The van der Waals surface area contributed by atoms with E-state index >= 15 is 0 Å². The highest BCUT2D eigenvalue weighted by molar-refractivity contribution is 5.47. The van der Waals surface area contributed by atoms with Crippen molar-refractivity contribution >= 4 is 5.69 Å². The second-order valence-corrected chi connectivity index (χ2v) is 4.64. The molecule has 0 aliphatic carbocycles. The molecule has 0 radical (unpaired) electrons. The summed E-state index contributed by atoms with van der Waals surface area (Å²) >= 11 is 0. The number of hydrogen-bond acceptors (Lipinski definition) is 4. The van der Waals surface area contributed by atoms with Gasteiger partial charge >= 0.3 is 0 Å². The van der Waals surface area contributed by atoms with Crippen molar-refractivity contribution in [1.29, 1.82) is 0 Å². The molecule has 0 fully saturated rings. The van der Waals surface area contributed by atoms with Gasteiger partial charge in [0.2, 0.25) is 0 Å². The Labute approximate surface area is 112 Å². The fourth-order valence-electron chi connectivity index (χ4n) is 2.26. The van der Waals surface area contributed by atoms with E-state index in [2.05, 4.69) is 10.3 Å². The van der Waals surface area contributed by atoms with Gasteiger partial charge in [-0.2, -0.15) is 5.11 Å². The van der Waals surface area contributed by atoms with E-state index < -0.39 is 5.54 Å². The minimum absolute atomic E-state index is 0.0517. The molecule has 1 N–H and O–H groups in total. The van der Waals surface area contributed by atoms with E-state index in [1.165, 1.54) is 0 Å². The monoisotopic (exact) mass is 253 g/mol. The van der Waals surface area contributed by atoms with Gasteiger partial charge in [0.25, 0.3) is 0 Å². The number of nitrogens with zero attached hydrogens (tertiary/aromatic N) is 3. The highest BCUT2D eigenvalue weighted by Crippen LogP contribution is 2.34. The fourth-order valence-corrected chi connectivity index (χ4v) is 2.26. The lowest BCUT2D eigenvalue weighted by Gasteiger charge is -2.24. The van der Waals surface area contributed by atoms with Crippen LogP contribution in [0.1, 0.15) is 5.56 Å². The van der Waals surface area contributed by atoms with Crippen molar-refractivity contribution < 1.29 is 5.11 Å². The summed E-state index contributed by atoms with van der Waals surface area (Å²) in [5.41, 5.74) is 1.31. The van der Waals surface area contributed by atoms with Crippen molar-refractivity contribution in [2.45, 2.75) is 5.54 Å². The zero-order chi connectivity index (χ0) is 13.1. The second kappa shape index (κ2) is 4.82. The number of anilines is 1. The van der Waals surface area contributed by atoms with Crippen molar-refractivity contribution in [3.05, 3.63) is 66.2 Å². The van der Waals surface area contributed by atoms with Gasteiger partial charge < -0.3 is 5.11 Å². The van der Waals surface area contributed by atoms with Crippen LogP contribution in [0.2, 0.25) is 0 Å². The number of hydrogen-bond donors (Lipinski definition) is 1. The van der Waals surface area contributed by atoms with Gasteiger partial charge in [0.05, 0.1) is 18.8 Å². The van der Waals surface area contributed by atoms with E-state index in [1.807, 2.05) is 65.7 Å². The molecule has 1 aliphatic heterocycles. The maximum Gasteiger partial charge on any atom is 0.151 e. The standard InChI is InChI=1S/C15H15N3O/c19-12-15(13-7-3-1-4-8-13)11-18(17-16-15)14-9-5-2-6-10-14/h1-10,19H,11-12H2. The molecule has 3 rings (SSSR count). The molecular formula is C15H15N3O. The Morgan fingerprint density at radius 2 is 1.63 bits per heavy atom. The Morgan fingerprint density at radius 3 is 2.26 bits per heavy atom. The summed E-state index contributed by atoms with van der Waals surface area (Å²) in [6.45, 7) is 0.501. The van der Waals surface area contributed by atoms with E-state index in [4.69, 9.17) is 0 Å². The summed E-state index contributed by atoms with van der Waals surface area (Å²) in [5.74, 6) is 0. The lowest BCUT2D eigenvalue weighted by molar-refractivity contribution is 0.208. The van der Waals surface area contributed by atoms with Crippen LogP contribution in [0, 0.1) is 0 Å². The number of rotatable bonds is 3. The largest absolute Gasteiger partial charge is 0.393 e. The lowest BCUT2D eigenvalue weighted by Crippen LogP contribution is -2.35. The Balaban J connectivity index is 1.90. The van der Waals surface area contributed by atoms with Crippen molar-refractivity contribution in [3.8, 4) is 0 Å². The summed E-state index contributed by atoms with van der Waals surface area (Å²) in [4.78, 5) is 0. The van der Waals surface area contributed by atoms with Gasteiger partial charge in [0, 0.05) is 0 Å². The highest BCUT2D eigenvalue weighted by Gasteiger charge is 2.38. The van der Waals surface area contributed by atoms with Crippen LogP contribution in [0.5, 0.6) is 0 Å². The molecule has 0 aromatic heterocycles. The minimum Gasteiger partial charge on any atom is -0.393 e. The van der Waals surface area contributed by atoms with Crippen molar-refractivity contribution in [1.82, 2.24) is 0 Å². The average Bonchev–Trinajstić information content (AvgIpc) is 2.95. The molecule has 2 aromatic carbocycles. The topological polar surface area (TPSA) is 48.2 Å². The lowest BCUT2D eigenvalue weighted by atomic mass is 9.92. The predicted octanol–water partition coefficient (Wildman–Crippen LogP) is 2.76. The van der Waals surface area contributed by atoms with Crippen LogP contribution in [0.3, 0.4) is 0 Å². The van der Waals surface area contributed by atoms with Crippen molar-refractivity contribution in [3.63, 3.8) is 0 Å². The van der Waals surface area contributed by atoms with Crippen LogP contribution >= 0.6 is 0 Å². The molecule has 0 saturated heterocycles. The maximum absolute atomic E-state index is 9.75. The first-order valence-electron chi connectivity index (χ1n) is 6.26. The van der Waals surface area contributed by atoms with Crippen LogP contribution in [-0.4, -0.2) is 18.3 Å². The van der Waals surface area contributed by atoms with Gasteiger partial charge in [-0.25, -0.2) is 5.01 Å². The first-order chi connectivity index (χ1) is 9.34. The van der Waals surface area contributed by atoms with Gasteiger partial charge in [-0.1, -0.05) is 53.8 Å². The summed E-state index contributed by atoms with van der Waals surface area (Å²) in [5, 5.41) is 20.1. The number of para-hydroxylation sites is 1. The Kier molecular flexibility index (Phi) is 3.01. The molecule has 1 atom stereocenters. The Hall–Kier alpha value is -2.20. The predicted molar refractivity (Wildman–Crippen MR) is 73.8 cm³/mol. The molecule has 1 heterocycles. The molecule has 2 aromatic rings. The van der Waals surface area contributed by atoms with Crippen LogP contribution in [0.4, 0.5) is 5.69 Å². The summed E-state index contributed by atoms with van der Waals surface area (Å²) in [7, 11) is 0. The molecule has 4 heteroatoms. The third-order valence-corrected chi connectivity index (χ3v) is 3.38. The van der Waals surface area contributed by atoms with Gasteiger partial charge in [-0.15, -0.1) is 0 Å². The SMILES string of the molecule is OCC1(c2ccccc2)CN(c2ccccc2)N=N1. The van der Waals surface area contributed by atoms with Crippen LogP contribution in [0.25, 0.3) is 0 Å². The second-order valence-electron chi connectivity index (χ2n) is 4.64. The van der Waals surface area contributed by atoms with Gasteiger partial charge in [-0.05, 0) is 17.7 Å². The van der Waals surface area contributed by atoms with Crippen LogP contribution in [0.15, 0.2) is 71.0 Å². The number of aliphatic hydroxyl groups is 1. The third-order valence-electron chi connectivity index (χ3n) is 3.38. The molecular weight excluding hydrogens is 238 g/mol. The van der Waals surface area contributed by atoms with E-state index in [0.29, 0.717) is 6.54 Å². The zero-order valence-electron chi connectivity index (χ0n) is 10.5. The van der Waals surface area contributed by atoms with Crippen molar-refractivity contribution in [2.24, 2.45) is 10.3 Å². The Morgan fingerprint density at radius 1 is 1.00 bits per heavy atom. The molecule has 1 aliphatic rings. The van der Waals surface area contributed by atoms with E-state index in [-0.39, 0.29) is 6.61 Å². The molecule has 0 bridgehead atoms. The fraction of sp³-hybridized carbons (Fsp3) is 0.200. The molecule has 0 saturated carbocycles. The molecule has 0 spiro atoms. The first kappa shape index (κ1) is 11.9. The quantitative estimate of drug-likeness (QED) is 0.914. The summed E-state index contributed by atoms with van der Waals surface area (Å²) in [6.07, 6.45) is 0. The number of aliphatic hydroxyl groups excluding tert-OH is 1. The van der Waals surface area contributed by atoms with E-state index in [1.54, 1.807) is 0 Å². The molecule has 1 unspecified atom stereocenters. The summed E-state index contributed by atoms with van der Waals surface area (Å²) in [6, 6.07) is 19.7. The zero-order valence-corrected chi connectivity index (χ0v) is 10.5. The molecule has 96 valence electrons. The van der Waals surface area contributed by atoms with E-state index in [0.717, 1.165) is 11.3 Å². The minimum atomic E-state index is -0.656. The molecule has 0 amide bonds. The van der Waals surface area contributed by atoms with E-state index in [9.17, 15) is 5.11 Å². The third kappa shape index (κ3) is 2.11. The first-order valence-corrected chi connectivity index (χ1v) is 6.26. The van der Waals surface area contributed by atoms with Crippen LogP contribution < -0.4 is 5.01 Å². The molecule has 19 heavy (non-hydrogen) atoms. The Bertz CT molecular complexity index is 570. The normalized spacial score (nSPS) is 21.8. The smallest absolute Gasteiger partial charge is 0.151 e. The number of benzene rings is 2.